The Kier molecular flexibility index (Phi) is 3.73. The largest absolute Gasteiger partial charge is 0.271 e. The molecule has 0 saturated heterocycles. The molecule has 1 aromatic carbocycles. The smallest absolute Gasteiger partial charge is 0.154 e. The van der Waals surface area contributed by atoms with Crippen LogP contribution in [0.5, 0.6) is 0 Å². The van der Waals surface area contributed by atoms with E-state index in [-0.39, 0.29) is 6.04 Å². The molecule has 0 amide bonds. The van der Waals surface area contributed by atoms with Gasteiger partial charge in [0.15, 0.2) is 9.84 Å². The van der Waals surface area contributed by atoms with Crippen molar-refractivity contribution in [1.29, 1.82) is 0 Å². The van der Waals surface area contributed by atoms with Crippen LogP contribution in [0.2, 0.25) is 0 Å². The van der Waals surface area contributed by atoms with Gasteiger partial charge in [-0.2, -0.15) is 0 Å². The zero-order chi connectivity index (χ0) is 14.3. The maximum atomic E-state index is 11.9. The summed E-state index contributed by atoms with van der Waals surface area (Å²) in [6.07, 6.45) is 3.02. The predicted octanol–water partition coefficient (Wildman–Crippen LogP) is 1.37. The van der Waals surface area contributed by atoms with Gasteiger partial charge in [-0.05, 0) is 43.7 Å². The predicted molar refractivity (Wildman–Crippen MR) is 77.5 cm³/mol. The van der Waals surface area contributed by atoms with E-state index in [1.807, 2.05) is 12.1 Å². The van der Waals surface area contributed by atoms with Crippen LogP contribution in [0, 0.1) is 0 Å². The summed E-state index contributed by atoms with van der Waals surface area (Å²) in [5, 5.41) is 0. The van der Waals surface area contributed by atoms with Crippen molar-refractivity contribution >= 4 is 9.84 Å². The quantitative estimate of drug-likeness (QED) is 0.632. The Bertz CT molecular complexity index is 567. The minimum absolute atomic E-state index is 0.249. The fourth-order valence-electron chi connectivity index (χ4n) is 2.67. The molecule has 0 saturated carbocycles. The van der Waals surface area contributed by atoms with Crippen LogP contribution in [0.25, 0.3) is 0 Å². The van der Waals surface area contributed by atoms with Gasteiger partial charge in [0.25, 0.3) is 0 Å². The Morgan fingerprint density at radius 2 is 2.05 bits per heavy atom. The Labute approximate surface area is 115 Å². The number of fused-ring (bicyclic) bond motifs is 1. The Morgan fingerprint density at radius 3 is 2.58 bits per heavy atom. The summed E-state index contributed by atoms with van der Waals surface area (Å²) in [5.74, 6) is 5.99. The molecular weight excluding hydrogens is 260 g/mol. The van der Waals surface area contributed by atoms with Crippen molar-refractivity contribution in [2.24, 2.45) is 5.84 Å². The maximum absolute atomic E-state index is 11.9. The Balaban J connectivity index is 2.15. The Hall–Kier alpha value is -0.910. The second-order valence-corrected chi connectivity index (χ2v) is 8.53. The number of hydrogen-bond acceptors (Lipinski definition) is 4. The highest BCUT2D eigenvalue weighted by Gasteiger charge is 2.41. The van der Waals surface area contributed by atoms with Crippen LogP contribution in [0.4, 0.5) is 0 Å². The molecule has 2 rings (SSSR count). The first-order valence-corrected chi connectivity index (χ1v) is 8.40. The number of benzene rings is 1. The van der Waals surface area contributed by atoms with E-state index in [1.54, 1.807) is 13.8 Å². The van der Waals surface area contributed by atoms with Gasteiger partial charge in [-0.3, -0.25) is 11.3 Å². The van der Waals surface area contributed by atoms with Crippen molar-refractivity contribution in [3.05, 3.63) is 35.4 Å². The molecule has 1 aliphatic carbocycles. The van der Waals surface area contributed by atoms with Gasteiger partial charge in [-0.15, -0.1) is 0 Å². The molecule has 0 radical (unpaired) electrons. The molecule has 0 fully saturated rings. The molecular formula is C14H22N2O2S. The zero-order valence-electron chi connectivity index (χ0n) is 11.7. The summed E-state index contributed by atoms with van der Waals surface area (Å²) in [5.41, 5.74) is 5.39. The lowest BCUT2D eigenvalue weighted by molar-refractivity contribution is 0.356. The van der Waals surface area contributed by atoms with Crippen LogP contribution in [-0.2, 0) is 16.3 Å². The number of rotatable bonds is 5. The van der Waals surface area contributed by atoms with Crippen LogP contribution in [0.3, 0.4) is 0 Å². The van der Waals surface area contributed by atoms with Crippen LogP contribution < -0.4 is 11.3 Å². The van der Waals surface area contributed by atoms with E-state index in [9.17, 15) is 8.42 Å². The molecule has 0 bridgehead atoms. The molecule has 0 heterocycles. The van der Waals surface area contributed by atoms with Crippen LogP contribution >= 0.6 is 0 Å². The monoisotopic (exact) mass is 282 g/mol. The minimum atomic E-state index is -3.16. The lowest BCUT2D eigenvalue weighted by Gasteiger charge is -2.38. The first-order chi connectivity index (χ1) is 8.77. The third-order valence-electron chi connectivity index (χ3n) is 4.48. The number of nitrogens with one attached hydrogen (secondary N) is 1. The number of nitrogens with two attached hydrogens (primary N) is 1. The van der Waals surface area contributed by atoms with Crippen molar-refractivity contribution < 1.29 is 8.42 Å². The topological polar surface area (TPSA) is 72.2 Å². The molecule has 0 aliphatic heterocycles. The van der Waals surface area contributed by atoms with Gasteiger partial charge in [0.1, 0.15) is 0 Å². The Morgan fingerprint density at radius 1 is 1.42 bits per heavy atom. The van der Waals surface area contributed by atoms with Gasteiger partial charge >= 0.3 is 0 Å². The highest BCUT2D eigenvalue weighted by molar-refractivity contribution is 7.92. The molecule has 19 heavy (non-hydrogen) atoms. The van der Waals surface area contributed by atoms with E-state index >= 15 is 0 Å². The number of sulfone groups is 1. The van der Waals surface area contributed by atoms with Crippen molar-refractivity contribution in [3.63, 3.8) is 0 Å². The van der Waals surface area contributed by atoms with Crippen molar-refractivity contribution in [1.82, 2.24) is 5.43 Å². The van der Waals surface area contributed by atoms with E-state index < -0.39 is 14.6 Å². The third kappa shape index (κ3) is 2.55. The summed E-state index contributed by atoms with van der Waals surface area (Å²) in [6.45, 7) is 3.47. The lowest BCUT2D eigenvalue weighted by Crippen LogP contribution is -2.54. The SMILES string of the molecule is CC(C)(C(CC1Cc2ccccc21)NN)S(C)(=O)=O. The average molecular weight is 282 g/mol. The third-order valence-corrected chi connectivity index (χ3v) is 6.67. The van der Waals surface area contributed by atoms with E-state index in [4.69, 9.17) is 5.84 Å². The van der Waals surface area contributed by atoms with Gasteiger partial charge in [0.05, 0.1) is 4.75 Å². The fourth-order valence-corrected chi connectivity index (χ4v) is 3.35. The van der Waals surface area contributed by atoms with Gasteiger partial charge in [-0.1, -0.05) is 24.3 Å². The zero-order valence-corrected chi connectivity index (χ0v) is 12.5. The lowest BCUT2D eigenvalue weighted by atomic mass is 9.73. The van der Waals surface area contributed by atoms with Crippen molar-refractivity contribution in [3.8, 4) is 0 Å². The molecule has 5 heteroatoms. The summed E-state index contributed by atoms with van der Waals surface area (Å²) >= 11 is 0. The van der Waals surface area contributed by atoms with E-state index in [0.717, 1.165) is 12.8 Å². The maximum Gasteiger partial charge on any atom is 0.154 e. The summed E-state index contributed by atoms with van der Waals surface area (Å²) in [7, 11) is -3.16. The number of hydrazine groups is 1. The molecule has 106 valence electrons. The van der Waals surface area contributed by atoms with Crippen molar-refractivity contribution in [2.45, 2.75) is 43.4 Å². The minimum Gasteiger partial charge on any atom is -0.271 e. The normalized spacial score (nSPS) is 20.5. The summed E-state index contributed by atoms with van der Waals surface area (Å²) in [6, 6.07) is 8.05. The van der Waals surface area contributed by atoms with E-state index in [0.29, 0.717) is 5.92 Å². The van der Waals surface area contributed by atoms with Crippen LogP contribution in [0.1, 0.15) is 37.3 Å². The molecule has 1 aliphatic rings. The van der Waals surface area contributed by atoms with Gasteiger partial charge < -0.3 is 0 Å². The van der Waals surface area contributed by atoms with Crippen molar-refractivity contribution in [2.75, 3.05) is 6.26 Å². The highest BCUT2D eigenvalue weighted by atomic mass is 32.2. The second-order valence-electron chi connectivity index (χ2n) is 5.93. The first-order valence-electron chi connectivity index (χ1n) is 6.51. The van der Waals surface area contributed by atoms with Crippen LogP contribution in [0.15, 0.2) is 24.3 Å². The fraction of sp³-hybridized carbons (Fsp3) is 0.571. The average Bonchev–Trinajstić information content (AvgIpc) is 2.29. The number of hydrogen-bond donors (Lipinski definition) is 2. The molecule has 3 N–H and O–H groups in total. The first kappa shape index (κ1) is 14.5. The van der Waals surface area contributed by atoms with Gasteiger partial charge in [0, 0.05) is 12.3 Å². The second kappa shape index (κ2) is 4.89. The standard InChI is InChI=1S/C14H22N2O2S/c1-14(2,19(3,17)18)13(16-15)9-11-8-10-6-4-5-7-12(10)11/h4-7,11,13,16H,8-9,15H2,1-3H3. The van der Waals surface area contributed by atoms with E-state index in [2.05, 4.69) is 17.6 Å². The highest BCUT2D eigenvalue weighted by Crippen LogP contribution is 2.40. The molecule has 0 aromatic heterocycles. The molecule has 2 unspecified atom stereocenters. The molecule has 2 atom stereocenters. The summed E-state index contributed by atoms with van der Waals surface area (Å²) < 4.78 is 22.9. The molecule has 4 nitrogen and oxygen atoms in total. The van der Waals surface area contributed by atoms with Gasteiger partial charge in [-0.25, -0.2) is 8.42 Å². The molecule has 0 spiro atoms. The van der Waals surface area contributed by atoms with Gasteiger partial charge in [0.2, 0.25) is 0 Å². The van der Waals surface area contributed by atoms with E-state index in [1.165, 1.54) is 17.4 Å². The van der Waals surface area contributed by atoms with Crippen LogP contribution in [-0.4, -0.2) is 25.5 Å². The molecule has 1 aromatic rings. The summed E-state index contributed by atoms with van der Waals surface area (Å²) in [4.78, 5) is 0.